The second-order valence-electron chi connectivity index (χ2n) is 6.65. The molecule has 5 rings (SSSR count). The Hall–Kier alpha value is -1.28. The van der Waals surface area contributed by atoms with Crippen LogP contribution < -0.4 is 10.9 Å². The standard InChI is InChI=1S/C15H23N5O2/c1-21-8-13-6-14(17-10-16-13)19-20-18-9-15(22-20)7-11-2-4-12(15)5-3-11/h6,10-12,18H,2-5,7-9H2,1H3,(H,16,17,19)/t11?,12?,15-/m0/s1. The SMILES string of the molecule is COCc1cc(NN2NC[C@]3(CC4CCC3CC4)O2)ncn1. The molecule has 7 heteroatoms. The van der Waals surface area contributed by atoms with Crippen molar-refractivity contribution in [2.24, 2.45) is 11.8 Å². The maximum absolute atomic E-state index is 6.25. The molecule has 0 radical (unpaired) electrons. The van der Waals surface area contributed by atoms with Crippen LogP contribution in [0, 0.1) is 11.8 Å². The summed E-state index contributed by atoms with van der Waals surface area (Å²) in [5, 5.41) is 1.62. The molecule has 120 valence electrons. The molecule has 1 spiro atoms. The largest absolute Gasteiger partial charge is 0.378 e. The highest BCUT2D eigenvalue weighted by Crippen LogP contribution is 2.50. The molecule has 22 heavy (non-hydrogen) atoms. The van der Waals surface area contributed by atoms with Gasteiger partial charge in [0.05, 0.1) is 12.3 Å². The highest BCUT2D eigenvalue weighted by molar-refractivity contribution is 5.33. The van der Waals surface area contributed by atoms with Crippen LogP contribution in [0.4, 0.5) is 5.82 Å². The summed E-state index contributed by atoms with van der Waals surface area (Å²) < 4.78 is 5.10. The third kappa shape index (κ3) is 2.58. The molecule has 1 atom stereocenters. The predicted molar refractivity (Wildman–Crippen MR) is 80.1 cm³/mol. The summed E-state index contributed by atoms with van der Waals surface area (Å²) in [6.45, 7) is 1.34. The minimum absolute atomic E-state index is 0.0312. The summed E-state index contributed by atoms with van der Waals surface area (Å²) in [4.78, 5) is 14.6. The smallest absolute Gasteiger partial charge is 0.146 e. The van der Waals surface area contributed by atoms with Gasteiger partial charge in [-0.2, -0.15) is 0 Å². The van der Waals surface area contributed by atoms with E-state index in [1.165, 1.54) is 38.4 Å². The molecule has 4 aliphatic rings. The van der Waals surface area contributed by atoms with E-state index in [1.54, 1.807) is 12.4 Å². The molecule has 1 saturated heterocycles. The minimum Gasteiger partial charge on any atom is -0.378 e. The molecule has 1 aromatic heterocycles. The maximum Gasteiger partial charge on any atom is 0.146 e. The summed E-state index contributed by atoms with van der Waals surface area (Å²) in [5.74, 6) is 2.21. The fraction of sp³-hybridized carbons (Fsp3) is 0.733. The van der Waals surface area contributed by atoms with Crippen LogP contribution in [0.5, 0.6) is 0 Å². The lowest BCUT2D eigenvalue weighted by molar-refractivity contribution is -0.235. The van der Waals surface area contributed by atoms with Gasteiger partial charge in [0.25, 0.3) is 0 Å². The Morgan fingerprint density at radius 2 is 2.27 bits per heavy atom. The van der Waals surface area contributed by atoms with Crippen molar-refractivity contribution in [3.63, 3.8) is 0 Å². The zero-order valence-corrected chi connectivity index (χ0v) is 12.9. The van der Waals surface area contributed by atoms with E-state index in [0.29, 0.717) is 18.3 Å². The molecule has 1 aliphatic heterocycles. The highest BCUT2D eigenvalue weighted by atomic mass is 16.8. The molecule has 3 aliphatic carbocycles. The quantitative estimate of drug-likeness (QED) is 0.876. The number of rotatable bonds is 4. The van der Waals surface area contributed by atoms with Crippen LogP contribution in [-0.4, -0.2) is 34.5 Å². The molecular formula is C15H23N5O2. The van der Waals surface area contributed by atoms with E-state index in [2.05, 4.69) is 20.8 Å². The van der Waals surface area contributed by atoms with Gasteiger partial charge in [-0.25, -0.2) is 15.4 Å². The molecule has 0 unspecified atom stereocenters. The summed E-state index contributed by atoms with van der Waals surface area (Å²) in [6.07, 6.45) is 8.04. The van der Waals surface area contributed by atoms with Gasteiger partial charge in [0.2, 0.25) is 0 Å². The van der Waals surface area contributed by atoms with Gasteiger partial charge >= 0.3 is 0 Å². The van der Waals surface area contributed by atoms with Gasteiger partial charge < -0.3 is 4.74 Å². The van der Waals surface area contributed by atoms with E-state index < -0.39 is 0 Å². The van der Waals surface area contributed by atoms with Gasteiger partial charge in [0, 0.05) is 19.7 Å². The number of aromatic nitrogens is 2. The van der Waals surface area contributed by atoms with Crippen molar-refractivity contribution in [1.29, 1.82) is 0 Å². The molecule has 2 N–H and O–H groups in total. The lowest BCUT2D eigenvalue weighted by Crippen LogP contribution is -2.50. The van der Waals surface area contributed by atoms with Gasteiger partial charge in [0.15, 0.2) is 0 Å². The number of anilines is 1. The first-order valence-corrected chi connectivity index (χ1v) is 8.07. The second-order valence-corrected chi connectivity index (χ2v) is 6.65. The molecule has 4 fully saturated rings. The number of ether oxygens (including phenoxy) is 1. The minimum atomic E-state index is -0.0312. The van der Waals surface area contributed by atoms with Gasteiger partial charge in [-0.15, -0.1) is 0 Å². The number of hydrogen-bond donors (Lipinski definition) is 2. The van der Waals surface area contributed by atoms with Crippen molar-refractivity contribution in [3.8, 4) is 0 Å². The highest BCUT2D eigenvalue weighted by Gasteiger charge is 2.52. The third-order valence-electron chi connectivity index (χ3n) is 5.25. The average Bonchev–Trinajstić information content (AvgIpc) is 2.91. The molecule has 0 amide bonds. The first-order valence-electron chi connectivity index (χ1n) is 8.07. The number of nitrogens with zero attached hydrogens (tertiary/aromatic N) is 3. The van der Waals surface area contributed by atoms with Crippen LogP contribution >= 0.6 is 0 Å². The number of fused-ring (bicyclic) bond motifs is 2. The number of methoxy groups -OCH3 is 1. The van der Waals surface area contributed by atoms with E-state index in [4.69, 9.17) is 9.57 Å². The zero-order valence-electron chi connectivity index (χ0n) is 12.9. The Kier molecular flexibility index (Phi) is 3.73. The topological polar surface area (TPSA) is 71.5 Å². The van der Waals surface area contributed by atoms with E-state index in [-0.39, 0.29) is 5.60 Å². The summed E-state index contributed by atoms with van der Waals surface area (Å²) >= 11 is 0. The molecule has 3 saturated carbocycles. The lowest BCUT2D eigenvalue weighted by atomic mass is 9.62. The van der Waals surface area contributed by atoms with E-state index in [1.807, 2.05) is 6.07 Å². The van der Waals surface area contributed by atoms with Crippen LogP contribution in [0.3, 0.4) is 0 Å². The average molecular weight is 305 g/mol. The molecule has 2 heterocycles. The summed E-state index contributed by atoms with van der Waals surface area (Å²) in [5.41, 5.74) is 7.28. The Bertz CT molecular complexity index is 534. The van der Waals surface area contributed by atoms with Crippen LogP contribution in [0.15, 0.2) is 12.4 Å². The second kappa shape index (κ2) is 5.73. The summed E-state index contributed by atoms with van der Waals surface area (Å²) in [6, 6.07) is 1.87. The zero-order chi connectivity index (χ0) is 15.0. The van der Waals surface area contributed by atoms with Crippen LogP contribution in [0.25, 0.3) is 0 Å². The van der Waals surface area contributed by atoms with E-state index in [9.17, 15) is 0 Å². The fourth-order valence-electron chi connectivity index (χ4n) is 4.18. The lowest BCUT2D eigenvalue weighted by Gasteiger charge is -2.47. The number of hydrogen-bond acceptors (Lipinski definition) is 7. The number of hydrazine groups is 2. The van der Waals surface area contributed by atoms with Crippen LogP contribution in [-0.2, 0) is 16.2 Å². The third-order valence-corrected chi connectivity index (χ3v) is 5.25. The predicted octanol–water partition coefficient (Wildman–Crippen LogP) is 1.65. The van der Waals surface area contributed by atoms with Crippen molar-refractivity contribution in [3.05, 3.63) is 18.1 Å². The Balaban J connectivity index is 1.42. The fourth-order valence-corrected chi connectivity index (χ4v) is 4.18. The molecule has 7 nitrogen and oxygen atoms in total. The van der Waals surface area contributed by atoms with Crippen LogP contribution in [0.2, 0.25) is 0 Å². The Morgan fingerprint density at radius 1 is 1.41 bits per heavy atom. The summed E-state index contributed by atoms with van der Waals surface area (Å²) in [7, 11) is 1.65. The first-order chi connectivity index (χ1) is 10.8. The van der Waals surface area contributed by atoms with Crippen molar-refractivity contribution < 1.29 is 9.57 Å². The Labute approximate surface area is 130 Å². The molecular weight excluding hydrogens is 282 g/mol. The van der Waals surface area contributed by atoms with Crippen LogP contribution in [0.1, 0.15) is 37.8 Å². The van der Waals surface area contributed by atoms with Gasteiger partial charge in [0.1, 0.15) is 17.7 Å². The molecule has 2 bridgehead atoms. The first kappa shape index (κ1) is 14.3. The van der Waals surface area contributed by atoms with Gasteiger partial charge in [-0.3, -0.25) is 10.3 Å². The molecule has 0 aromatic carbocycles. The number of nitrogens with one attached hydrogen (secondary N) is 2. The van der Waals surface area contributed by atoms with Gasteiger partial charge in [-0.05, 0) is 49.2 Å². The van der Waals surface area contributed by atoms with Crippen molar-refractivity contribution in [1.82, 2.24) is 20.7 Å². The normalized spacial score (nSPS) is 34.4. The molecule has 1 aromatic rings. The van der Waals surface area contributed by atoms with Crippen molar-refractivity contribution >= 4 is 5.82 Å². The monoisotopic (exact) mass is 305 g/mol. The maximum atomic E-state index is 6.25. The van der Waals surface area contributed by atoms with Gasteiger partial charge in [-0.1, -0.05) is 0 Å². The Morgan fingerprint density at radius 3 is 3.00 bits per heavy atom. The van der Waals surface area contributed by atoms with E-state index >= 15 is 0 Å². The van der Waals surface area contributed by atoms with Crippen molar-refractivity contribution in [2.75, 3.05) is 19.1 Å². The van der Waals surface area contributed by atoms with E-state index in [0.717, 1.165) is 18.2 Å². The van der Waals surface area contributed by atoms with Crippen molar-refractivity contribution in [2.45, 2.75) is 44.3 Å².